The van der Waals surface area contributed by atoms with Gasteiger partial charge in [-0.2, -0.15) is 10.1 Å². The molecule has 0 saturated heterocycles. The predicted molar refractivity (Wildman–Crippen MR) is 121 cm³/mol. The Kier molecular flexibility index (Phi) is 5.87. The van der Waals surface area contributed by atoms with Crippen molar-refractivity contribution in [3.63, 3.8) is 0 Å². The maximum atomic E-state index is 14.4. The Morgan fingerprint density at radius 3 is 2.88 bits per heavy atom. The fourth-order valence-corrected chi connectivity index (χ4v) is 3.39. The largest absolute Gasteiger partial charge is 0.464 e. The highest BCUT2D eigenvalue weighted by Crippen LogP contribution is 2.28. The number of carbonyl (C=O) groups excluding carboxylic acids is 1. The molecule has 1 amide bonds. The molecule has 0 radical (unpaired) electrons. The first-order chi connectivity index (χ1) is 15.4. The summed E-state index contributed by atoms with van der Waals surface area (Å²) in [5.41, 5.74) is 7.89. The second-order valence-corrected chi connectivity index (χ2v) is 7.52. The van der Waals surface area contributed by atoms with Crippen molar-refractivity contribution >= 4 is 39.1 Å². The van der Waals surface area contributed by atoms with Crippen LogP contribution in [0.2, 0.25) is 0 Å². The molecule has 1 atom stereocenters. The van der Waals surface area contributed by atoms with Gasteiger partial charge in [-0.3, -0.25) is 9.48 Å². The quantitative estimate of drug-likeness (QED) is 0.406. The van der Waals surface area contributed by atoms with Crippen LogP contribution in [0.15, 0.2) is 36.7 Å². The number of nitrogens with two attached hydrogens (primary N) is 1. The Balaban J connectivity index is 1.72. The minimum absolute atomic E-state index is 0.0612. The van der Waals surface area contributed by atoms with E-state index in [2.05, 4.69) is 25.7 Å². The average molecular weight is 437 g/mol. The van der Waals surface area contributed by atoms with Crippen LogP contribution in [0, 0.1) is 5.82 Å². The van der Waals surface area contributed by atoms with E-state index in [4.69, 9.17) is 10.5 Å². The van der Waals surface area contributed by atoms with E-state index in [9.17, 15) is 9.18 Å². The second-order valence-electron chi connectivity index (χ2n) is 7.52. The van der Waals surface area contributed by atoms with E-state index in [1.165, 1.54) is 10.7 Å². The number of hydrogen-bond acceptors (Lipinski definition) is 7. The van der Waals surface area contributed by atoms with Crippen LogP contribution in [0.3, 0.4) is 0 Å². The van der Waals surface area contributed by atoms with E-state index in [0.29, 0.717) is 40.7 Å². The zero-order chi connectivity index (χ0) is 22.8. The number of ether oxygens (including phenoxy) is 1. The molecule has 166 valence electrons. The lowest BCUT2D eigenvalue weighted by molar-refractivity contribution is 0.102. The van der Waals surface area contributed by atoms with Crippen molar-refractivity contribution in [3.8, 4) is 6.01 Å². The van der Waals surface area contributed by atoms with Gasteiger partial charge < -0.3 is 21.1 Å². The minimum Gasteiger partial charge on any atom is -0.464 e. The summed E-state index contributed by atoms with van der Waals surface area (Å²) in [6.45, 7) is 4.64. The van der Waals surface area contributed by atoms with Gasteiger partial charge >= 0.3 is 6.01 Å². The molecule has 10 heteroatoms. The molecule has 2 aromatic carbocycles. The first kappa shape index (κ1) is 21.4. The van der Waals surface area contributed by atoms with Gasteiger partial charge in [-0.15, -0.1) is 0 Å². The number of carbonyl (C=O) groups is 1. The molecule has 2 aromatic heterocycles. The second kappa shape index (κ2) is 8.75. The molecular weight excluding hydrogens is 413 g/mol. The highest BCUT2D eigenvalue weighted by atomic mass is 19.1. The van der Waals surface area contributed by atoms with E-state index < -0.39 is 11.7 Å². The highest BCUT2D eigenvalue weighted by molar-refractivity contribution is 6.14. The molecule has 32 heavy (non-hydrogen) atoms. The summed E-state index contributed by atoms with van der Waals surface area (Å²) in [5.74, 6) is -0.947. The summed E-state index contributed by atoms with van der Waals surface area (Å²) in [7, 11) is 1.71. The molecule has 4 aromatic rings. The van der Waals surface area contributed by atoms with Crippen molar-refractivity contribution in [2.45, 2.75) is 19.9 Å². The fraction of sp³-hybridized carbons (Fsp3) is 0.273. The van der Waals surface area contributed by atoms with E-state index in [0.717, 1.165) is 5.69 Å². The number of anilines is 2. The van der Waals surface area contributed by atoms with Crippen LogP contribution in [0.4, 0.5) is 15.8 Å². The molecule has 0 aliphatic carbocycles. The molecule has 4 N–H and O–H groups in total. The first-order valence-corrected chi connectivity index (χ1v) is 10.2. The Morgan fingerprint density at radius 2 is 2.12 bits per heavy atom. The Morgan fingerprint density at radius 1 is 1.31 bits per heavy atom. The lowest BCUT2D eigenvalue weighted by atomic mass is 10.1. The van der Waals surface area contributed by atoms with Gasteiger partial charge in [-0.05, 0) is 38.1 Å². The SMILES string of the molecule is CCOc1ncc2c(NC[C@H](C)N)ccc(C(=O)Nc3cc(F)c4nn(C)cc4c3)c2n1. The molecule has 2 heterocycles. The van der Waals surface area contributed by atoms with E-state index in [-0.39, 0.29) is 17.6 Å². The highest BCUT2D eigenvalue weighted by Gasteiger charge is 2.17. The number of rotatable bonds is 7. The van der Waals surface area contributed by atoms with Crippen LogP contribution >= 0.6 is 0 Å². The fourth-order valence-electron chi connectivity index (χ4n) is 3.39. The topological polar surface area (TPSA) is 120 Å². The number of fused-ring (bicyclic) bond motifs is 2. The van der Waals surface area contributed by atoms with Crippen LogP contribution in [0.1, 0.15) is 24.2 Å². The van der Waals surface area contributed by atoms with Gasteiger partial charge in [0.1, 0.15) is 5.52 Å². The summed E-state index contributed by atoms with van der Waals surface area (Å²) >= 11 is 0. The smallest absolute Gasteiger partial charge is 0.316 e. The van der Waals surface area contributed by atoms with Crippen LogP contribution < -0.4 is 21.1 Å². The molecule has 0 unspecified atom stereocenters. The Labute approximate surface area is 183 Å². The number of aryl methyl sites for hydroxylation is 1. The zero-order valence-corrected chi connectivity index (χ0v) is 18.0. The summed E-state index contributed by atoms with van der Waals surface area (Å²) in [5, 5.41) is 11.3. The standard InChI is InChI=1S/C22H24FN7O2/c1-4-32-22-26-10-16-18(25-9-12(2)24)6-5-15(20(16)28-22)21(31)27-14-7-13-11-30(3)29-19(13)17(23)8-14/h5-8,10-12,25H,4,9,24H2,1-3H3,(H,27,31)/t12-/m0/s1. The number of halogens is 1. The van der Waals surface area contributed by atoms with Gasteiger partial charge in [0.05, 0.1) is 17.7 Å². The molecule has 0 aliphatic rings. The summed E-state index contributed by atoms with van der Waals surface area (Å²) in [6, 6.07) is 6.45. The third-order valence-corrected chi connectivity index (χ3v) is 4.80. The zero-order valence-electron chi connectivity index (χ0n) is 18.0. The molecule has 0 bridgehead atoms. The first-order valence-electron chi connectivity index (χ1n) is 10.2. The average Bonchev–Trinajstić information content (AvgIpc) is 3.12. The third kappa shape index (κ3) is 4.30. The Bertz CT molecular complexity index is 1300. The lowest BCUT2D eigenvalue weighted by Gasteiger charge is -2.14. The molecule has 0 spiro atoms. The van der Waals surface area contributed by atoms with E-state index >= 15 is 0 Å². The lowest BCUT2D eigenvalue weighted by Crippen LogP contribution is -2.25. The monoisotopic (exact) mass is 437 g/mol. The number of hydrogen-bond donors (Lipinski definition) is 3. The maximum Gasteiger partial charge on any atom is 0.316 e. The third-order valence-electron chi connectivity index (χ3n) is 4.80. The van der Waals surface area contributed by atoms with Gasteiger partial charge in [0, 0.05) is 54.2 Å². The number of benzene rings is 2. The van der Waals surface area contributed by atoms with Crippen molar-refractivity contribution in [1.82, 2.24) is 19.7 Å². The van der Waals surface area contributed by atoms with Crippen molar-refractivity contribution in [1.29, 1.82) is 0 Å². The summed E-state index contributed by atoms with van der Waals surface area (Å²) in [6.07, 6.45) is 3.29. The predicted octanol–water partition coefficient (Wildman–Crippen LogP) is 3.07. The van der Waals surface area contributed by atoms with Crippen LogP contribution in [-0.4, -0.2) is 44.8 Å². The molecule has 0 fully saturated rings. The van der Waals surface area contributed by atoms with Gasteiger partial charge in [0.15, 0.2) is 5.82 Å². The van der Waals surface area contributed by atoms with E-state index in [1.807, 2.05) is 13.8 Å². The number of nitrogens with zero attached hydrogens (tertiary/aromatic N) is 4. The van der Waals surface area contributed by atoms with Gasteiger partial charge in [0.25, 0.3) is 5.91 Å². The number of aromatic nitrogens is 4. The van der Waals surface area contributed by atoms with Crippen LogP contribution in [-0.2, 0) is 7.05 Å². The minimum atomic E-state index is -0.514. The Hall–Kier alpha value is -3.79. The maximum absolute atomic E-state index is 14.4. The van der Waals surface area contributed by atoms with Crippen LogP contribution in [0.5, 0.6) is 6.01 Å². The molecular formula is C22H24FN7O2. The van der Waals surface area contributed by atoms with Gasteiger partial charge in [-0.25, -0.2) is 9.37 Å². The number of amides is 1. The molecule has 9 nitrogen and oxygen atoms in total. The van der Waals surface area contributed by atoms with E-state index in [1.54, 1.807) is 37.6 Å². The van der Waals surface area contributed by atoms with Crippen LogP contribution in [0.25, 0.3) is 21.8 Å². The van der Waals surface area contributed by atoms with Crippen molar-refractivity contribution < 1.29 is 13.9 Å². The number of nitrogens with one attached hydrogen (secondary N) is 2. The summed E-state index contributed by atoms with van der Waals surface area (Å²) in [4.78, 5) is 21.8. The van der Waals surface area contributed by atoms with Crippen molar-refractivity contribution in [2.24, 2.45) is 12.8 Å². The van der Waals surface area contributed by atoms with Gasteiger partial charge in [-0.1, -0.05) is 0 Å². The molecule has 0 saturated carbocycles. The van der Waals surface area contributed by atoms with Crippen molar-refractivity contribution in [2.75, 3.05) is 23.8 Å². The molecule has 4 rings (SSSR count). The normalized spacial score (nSPS) is 12.2. The van der Waals surface area contributed by atoms with Crippen molar-refractivity contribution in [3.05, 3.63) is 48.0 Å². The summed E-state index contributed by atoms with van der Waals surface area (Å²) < 4.78 is 21.4. The van der Waals surface area contributed by atoms with Gasteiger partial charge in [0.2, 0.25) is 0 Å². The molecule has 0 aliphatic heterocycles.